The Morgan fingerprint density at radius 3 is 2.29 bits per heavy atom. The number of aryl methyl sites for hydroxylation is 1. The molecule has 21 heavy (non-hydrogen) atoms. The van der Waals surface area contributed by atoms with Gasteiger partial charge in [-0.15, -0.1) is 0 Å². The van der Waals surface area contributed by atoms with Gasteiger partial charge in [-0.25, -0.2) is 0 Å². The largest absolute Gasteiger partial charge is 0.369 e. The van der Waals surface area contributed by atoms with Crippen LogP contribution in [0.2, 0.25) is 0 Å². The second-order valence-electron chi connectivity index (χ2n) is 7.54. The maximum absolute atomic E-state index is 9.54. The lowest BCUT2D eigenvalue weighted by Crippen LogP contribution is -2.34. The lowest BCUT2D eigenvalue weighted by atomic mass is 9.68. The second-order valence-corrected chi connectivity index (χ2v) is 7.54. The molecule has 0 saturated heterocycles. The third-order valence-electron chi connectivity index (χ3n) is 5.06. The van der Waals surface area contributed by atoms with Gasteiger partial charge in [-0.1, -0.05) is 39.0 Å². The Bertz CT molecular complexity index is 499. The smallest absolute Gasteiger partial charge is 0.117 e. The molecule has 1 aromatic carbocycles. The first-order valence-electron chi connectivity index (χ1n) is 8.13. The zero-order valence-corrected chi connectivity index (χ0v) is 13.8. The van der Waals surface area contributed by atoms with Crippen molar-refractivity contribution in [1.29, 1.82) is 5.26 Å². The van der Waals surface area contributed by atoms with Gasteiger partial charge in [-0.3, -0.25) is 0 Å². The van der Waals surface area contributed by atoms with E-state index in [-0.39, 0.29) is 6.04 Å². The van der Waals surface area contributed by atoms with Crippen LogP contribution in [0, 0.1) is 35.5 Å². The Balaban J connectivity index is 1.98. The number of anilines is 1. The van der Waals surface area contributed by atoms with Crippen molar-refractivity contribution in [3.05, 3.63) is 29.8 Å². The van der Waals surface area contributed by atoms with Gasteiger partial charge in [0.05, 0.1) is 6.07 Å². The Hall–Kier alpha value is -1.49. The van der Waals surface area contributed by atoms with E-state index in [4.69, 9.17) is 0 Å². The van der Waals surface area contributed by atoms with Gasteiger partial charge in [0, 0.05) is 5.69 Å². The summed E-state index contributed by atoms with van der Waals surface area (Å²) < 4.78 is 0. The van der Waals surface area contributed by atoms with Crippen molar-refractivity contribution in [2.75, 3.05) is 5.32 Å². The van der Waals surface area contributed by atoms with Gasteiger partial charge in [0.15, 0.2) is 0 Å². The average Bonchev–Trinajstić information content (AvgIpc) is 2.46. The second kappa shape index (κ2) is 6.52. The van der Waals surface area contributed by atoms with Crippen LogP contribution in [0.1, 0.15) is 52.0 Å². The van der Waals surface area contributed by atoms with Crippen molar-refractivity contribution in [2.45, 2.75) is 59.4 Å². The molecule has 1 unspecified atom stereocenters. The van der Waals surface area contributed by atoms with Gasteiger partial charge in [0.25, 0.3) is 0 Å². The molecular formula is C19H28N2. The summed E-state index contributed by atoms with van der Waals surface area (Å²) in [5.74, 6) is 1.28. The van der Waals surface area contributed by atoms with Crippen molar-refractivity contribution in [3.8, 4) is 6.07 Å². The molecule has 0 spiro atoms. The molecule has 0 aliphatic heterocycles. The molecule has 1 aliphatic rings. The first kappa shape index (κ1) is 15.9. The minimum Gasteiger partial charge on any atom is -0.369 e. The molecule has 1 aromatic rings. The summed E-state index contributed by atoms with van der Waals surface area (Å²) >= 11 is 0. The van der Waals surface area contributed by atoms with Crippen LogP contribution in [0.25, 0.3) is 0 Å². The number of nitrogens with zero attached hydrogens (tertiary/aromatic N) is 1. The summed E-state index contributed by atoms with van der Waals surface area (Å²) in [4.78, 5) is 0. The number of benzene rings is 1. The number of hydrogen-bond acceptors (Lipinski definition) is 2. The van der Waals surface area contributed by atoms with Gasteiger partial charge in [0.1, 0.15) is 6.04 Å². The molecule has 0 amide bonds. The molecule has 1 N–H and O–H groups in total. The number of nitrogens with one attached hydrogen (secondary N) is 1. The molecule has 0 bridgehead atoms. The zero-order valence-electron chi connectivity index (χ0n) is 13.8. The van der Waals surface area contributed by atoms with Crippen LogP contribution in [0.15, 0.2) is 24.3 Å². The topological polar surface area (TPSA) is 35.8 Å². The fourth-order valence-electron chi connectivity index (χ4n) is 3.48. The van der Waals surface area contributed by atoms with Crippen LogP contribution in [0.3, 0.4) is 0 Å². The predicted octanol–water partition coefficient (Wildman–Crippen LogP) is 5.15. The molecule has 2 rings (SSSR count). The molecule has 0 aromatic heterocycles. The predicted molar refractivity (Wildman–Crippen MR) is 89.1 cm³/mol. The lowest BCUT2D eigenvalue weighted by Gasteiger charge is -2.38. The summed E-state index contributed by atoms with van der Waals surface area (Å²) in [7, 11) is 0. The SMILES string of the molecule is Cc1ccccc1NC(C#N)C1CCC(C(C)(C)C)CC1. The summed E-state index contributed by atoms with van der Waals surface area (Å²) in [6.45, 7) is 9.11. The van der Waals surface area contributed by atoms with E-state index in [0.29, 0.717) is 11.3 Å². The first-order chi connectivity index (χ1) is 9.91. The highest BCUT2D eigenvalue weighted by molar-refractivity contribution is 5.52. The third-order valence-corrected chi connectivity index (χ3v) is 5.06. The van der Waals surface area contributed by atoms with E-state index in [2.05, 4.69) is 51.2 Å². The highest BCUT2D eigenvalue weighted by atomic mass is 14.9. The molecule has 1 aliphatic carbocycles. The van der Waals surface area contributed by atoms with Crippen molar-refractivity contribution in [1.82, 2.24) is 0 Å². The standard InChI is InChI=1S/C19H28N2/c1-14-7-5-6-8-17(14)21-18(13-20)15-9-11-16(12-10-15)19(2,3)4/h5-8,15-16,18,21H,9-12H2,1-4H3. The van der Waals surface area contributed by atoms with Gasteiger partial charge < -0.3 is 5.32 Å². The molecule has 0 heterocycles. The minimum atomic E-state index is -0.0629. The van der Waals surface area contributed by atoms with Crippen molar-refractivity contribution in [2.24, 2.45) is 17.3 Å². The molecule has 2 nitrogen and oxygen atoms in total. The Morgan fingerprint density at radius 1 is 1.14 bits per heavy atom. The van der Waals surface area contributed by atoms with Crippen LogP contribution in [-0.4, -0.2) is 6.04 Å². The Labute approximate surface area is 129 Å². The molecule has 2 heteroatoms. The Morgan fingerprint density at radius 2 is 1.76 bits per heavy atom. The van der Waals surface area contributed by atoms with Crippen LogP contribution in [0.5, 0.6) is 0 Å². The van der Waals surface area contributed by atoms with E-state index in [1.54, 1.807) is 0 Å². The highest BCUT2D eigenvalue weighted by Gasteiger charge is 2.33. The zero-order chi connectivity index (χ0) is 15.5. The van der Waals surface area contributed by atoms with E-state index in [1.165, 1.54) is 31.2 Å². The number of para-hydroxylation sites is 1. The summed E-state index contributed by atoms with van der Waals surface area (Å²) in [5.41, 5.74) is 2.71. The number of rotatable bonds is 3. The van der Waals surface area contributed by atoms with Crippen molar-refractivity contribution in [3.63, 3.8) is 0 Å². The summed E-state index contributed by atoms with van der Waals surface area (Å²) in [5, 5.41) is 13.0. The van der Waals surface area contributed by atoms with Gasteiger partial charge in [-0.2, -0.15) is 5.26 Å². The van der Waals surface area contributed by atoms with E-state index < -0.39 is 0 Å². The number of nitriles is 1. The average molecular weight is 284 g/mol. The van der Waals surface area contributed by atoms with Gasteiger partial charge in [-0.05, 0) is 61.5 Å². The summed E-state index contributed by atoms with van der Waals surface area (Å²) in [6.07, 6.45) is 4.84. The Kier molecular flexibility index (Phi) is 4.93. The molecule has 0 radical (unpaired) electrons. The fraction of sp³-hybridized carbons (Fsp3) is 0.632. The van der Waals surface area contributed by atoms with E-state index >= 15 is 0 Å². The molecular weight excluding hydrogens is 256 g/mol. The fourth-order valence-corrected chi connectivity index (χ4v) is 3.48. The summed E-state index contributed by atoms with van der Waals surface area (Å²) in [6, 6.07) is 10.7. The maximum atomic E-state index is 9.54. The molecule has 1 saturated carbocycles. The quantitative estimate of drug-likeness (QED) is 0.833. The molecule has 1 fully saturated rings. The van der Waals surface area contributed by atoms with E-state index in [0.717, 1.165) is 11.6 Å². The normalized spacial score (nSPS) is 24.1. The third kappa shape index (κ3) is 4.00. The van der Waals surface area contributed by atoms with Crippen molar-refractivity contribution < 1.29 is 0 Å². The van der Waals surface area contributed by atoms with E-state index in [1.807, 2.05) is 12.1 Å². The monoisotopic (exact) mass is 284 g/mol. The van der Waals surface area contributed by atoms with Crippen molar-refractivity contribution >= 4 is 5.69 Å². The van der Waals surface area contributed by atoms with Crippen LogP contribution < -0.4 is 5.32 Å². The van der Waals surface area contributed by atoms with Crippen LogP contribution in [-0.2, 0) is 0 Å². The van der Waals surface area contributed by atoms with Gasteiger partial charge >= 0.3 is 0 Å². The van der Waals surface area contributed by atoms with E-state index in [9.17, 15) is 5.26 Å². The maximum Gasteiger partial charge on any atom is 0.117 e. The number of hydrogen-bond donors (Lipinski definition) is 1. The van der Waals surface area contributed by atoms with Crippen LogP contribution in [0.4, 0.5) is 5.69 Å². The van der Waals surface area contributed by atoms with Crippen LogP contribution >= 0.6 is 0 Å². The molecule has 114 valence electrons. The van der Waals surface area contributed by atoms with Gasteiger partial charge in [0.2, 0.25) is 0 Å². The minimum absolute atomic E-state index is 0.0629. The lowest BCUT2D eigenvalue weighted by molar-refractivity contribution is 0.148. The molecule has 1 atom stereocenters. The first-order valence-corrected chi connectivity index (χ1v) is 8.13. The highest BCUT2D eigenvalue weighted by Crippen LogP contribution is 2.41.